The number of carbonyl (C=O) groups excluding carboxylic acids is 1. The highest BCUT2D eigenvalue weighted by atomic mass is 32.1. The summed E-state index contributed by atoms with van der Waals surface area (Å²) in [5, 5.41) is 12.0. The number of nitriles is 1. The van der Waals surface area contributed by atoms with Crippen LogP contribution >= 0.6 is 11.3 Å². The Bertz CT molecular complexity index is 835. The number of carbonyl (C=O) groups is 1. The monoisotopic (exact) mass is 278 g/mol. The van der Waals surface area contributed by atoms with E-state index in [2.05, 4.69) is 4.98 Å². The van der Waals surface area contributed by atoms with Gasteiger partial charge in [0.1, 0.15) is 11.6 Å². The van der Waals surface area contributed by atoms with Crippen molar-refractivity contribution in [1.29, 1.82) is 5.26 Å². The summed E-state index contributed by atoms with van der Waals surface area (Å²) in [6.45, 7) is 0. The molecule has 1 N–H and O–H groups in total. The number of aromatic amines is 1. The van der Waals surface area contributed by atoms with Crippen molar-refractivity contribution in [3.8, 4) is 6.07 Å². The van der Waals surface area contributed by atoms with Crippen molar-refractivity contribution in [3.63, 3.8) is 0 Å². The van der Waals surface area contributed by atoms with Crippen LogP contribution in [0.3, 0.4) is 0 Å². The number of ketones is 1. The molecule has 0 aliphatic heterocycles. The van der Waals surface area contributed by atoms with Gasteiger partial charge in [0.15, 0.2) is 0 Å². The minimum Gasteiger partial charge on any atom is -0.361 e. The van der Waals surface area contributed by atoms with Crippen LogP contribution in [0.2, 0.25) is 0 Å². The van der Waals surface area contributed by atoms with Gasteiger partial charge in [0.25, 0.3) is 0 Å². The zero-order valence-electron chi connectivity index (χ0n) is 10.5. The third-order valence-electron chi connectivity index (χ3n) is 3.03. The fraction of sp³-hybridized carbons (Fsp3) is 0. The van der Waals surface area contributed by atoms with Gasteiger partial charge < -0.3 is 4.98 Å². The van der Waals surface area contributed by atoms with E-state index in [0.717, 1.165) is 16.5 Å². The molecule has 0 amide bonds. The van der Waals surface area contributed by atoms with E-state index in [-0.39, 0.29) is 11.4 Å². The average Bonchev–Trinajstić information content (AvgIpc) is 3.14. The van der Waals surface area contributed by atoms with Gasteiger partial charge in [0, 0.05) is 22.7 Å². The molecule has 4 heteroatoms. The molecule has 0 saturated carbocycles. The number of aromatic nitrogens is 1. The zero-order chi connectivity index (χ0) is 13.9. The van der Waals surface area contributed by atoms with Crippen molar-refractivity contribution in [2.45, 2.75) is 0 Å². The summed E-state index contributed by atoms with van der Waals surface area (Å²) in [7, 11) is 0. The Kier molecular flexibility index (Phi) is 3.20. The minimum absolute atomic E-state index is 0.150. The number of thiophene rings is 1. The number of hydrogen-bond acceptors (Lipinski definition) is 3. The Morgan fingerprint density at radius 2 is 2.10 bits per heavy atom. The van der Waals surface area contributed by atoms with Crippen LogP contribution < -0.4 is 0 Å². The number of Topliss-reactive ketones (excluding diaryl/α,β-unsaturated/α-hetero) is 1. The Balaban J connectivity index is 2.05. The van der Waals surface area contributed by atoms with Crippen LogP contribution in [0, 0.1) is 11.3 Å². The van der Waals surface area contributed by atoms with Crippen molar-refractivity contribution in [2.24, 2.45) is 0 Å². The van der Waals surface area contributed by atoms with Gasteiger partial charge in [-0.05, 0) is 23.6 Å². The Hall–Kier alpha value is -2.64. The maximum atomic E-state index is 12.2. The summed E-state index contributed by atoms with van der Waals surface area (Å²) in [6, 6.07) is 13.3. The van der Waals surface area contributed by atoms with Crippen LogP contribution in [0.1, 0.15) is 15.2 Å². The average molecular weight is 278 g/mol. The van der Waals surface area contributed by atoms with E-state index in [4.69, 9.17) is 0 Å². The lowest BCUT2D eigenvalue weighted by Crippen LogP contribution is -1.98. The largest absolute Gasteiger partial charge is 0.361 e. The maximum absolute atomic E-state index is 12.2. The molecular formula is C16H10N2OS. The molecule has 0 saturated heterocycles. The van der Waals surface area contributed by atoms with Gasteiger partial charge >= 0.3 is 0 Å². The van der Waals surface area contributed by atoms with Crippen LogP contribution in [0.15, 0.2) is 53.5 Å². The molecule has 3 rings (SSSR count). The molecule has 20 heavy (non-hydrogen) atoms. The van der Waals surface area contributed by atoms with Crippen LogP contribution in [0.5, 0.6) is 0 Å². The number of nitrogens with one attached hydrogen (secondary N) is 1. The second-order valence-corrected chi connectivity index (χ2v) is 5.21. The molecule has 0 bridgehead atoms. The normalized spacial score (nSPS) is 11.4. The van der Waals surface area contributed by atoms with Gasteiger partial charge in [-0.2, -0.15) is 5.26 Å². The van der Waals surface area contributed by atoms with Gasteiger partial charge in [-0.1, -0.05) is 24.3 Å². The maximum Gasteiger partial charge on any atom is 0.213 e. The van der Waals surface area contributed by atoms with Crippen LogP contribution in [-0.4, -0.2) is 10.8 Å². The topological polar surface area (TPSA) is 56.6 Å². The van der Waals surface area contributed by atoms with E-state index in [1.165, 1.54) is 11.3 Å². The molecule has 3 aromatic rings. The molecule has 2 heterocycles. The number of hydrogen-bond donors (Lipinski definition) is 1. The van der Waals surface area contributed by atoms with Crippen molar-refractivity contribution < 1.29 is 4.79 Å². The fourth-order valence-electron chi connectivity index (χ4n) is 2.06. The van der Waals surface area contributed by atoms with Crippen molar-refractivity contribution in [1.82, 2.24) is 4.98 Å². The summed E-state index contributed by atoms with van der Waals surface area (Å²) in [5.41, 5.74) is 1.99. The van der Waals surface area contributed by atoms with E-state index >= 15 is 0 Å². The summed E-state index contributed by atoms with van der Waals surface area (Å²) in [4.78, 5) is 15.9. The first-order chi connectivity index (χ1) is 9.79. The van der Waals surface area contributed by atoms with Gasteiger partial charge in [0.05, 0.1) is 4.88 Å². The van der Waals surface area contributed by atoms with E-state index in [1.54, 1.807) is 18.2 Å². The molecule has 3 nitrogen and oxygen atoms in total. The highest BCUT2D eigenvalue weighted by Gasteiger charge is 2.13. The van der Waals surface area contributed by atoms with E-state index in [0.29, 0.717) is 4.88 Å². The van der Waals surface area contributed by atoms with Gasteiger partial charge in [-0.3, -0.25) is 4.79 Å². The molecule has 2 aromatic heterocycles. The van der Waals surface area contributed by atoms with Crippen molar-refractivity contribution >= 4 is 34.1 Å². The Labute approximate surface area is 119 Å². The van der Waals surface area contributed by atoms with Crippen LogP contribution in [0.25, 0.3) is 17.0 Å². The molecule has 0 atom stereocenters. The first-order valence-corrected chi connectivity index (χ1v) is 6.93. The highest BCUT2D eigenvalue weighted by Crippen LogP contribution is 2.22. The molecule has 96 valence electrons. The zero-order valence-corrected chi connectivity index (χ0v) is 11.3. The number of benzene rings is 1. The van der Waals surface area contributed by atoms with E-state index in [9.17, 15) is 10.1 Å². The number of fused-ring (bicyclic) bond motifs is 1. The molecule has 0 radical (unpaired) electrons. The third-order valence-corrected chi connectivity index (χ3v) is 3.90. The fourth-order valence-corrected chi connectivity index (χ4v) is 2.74. The number of para-hydroxylation sites is 1. The minimum atomic E-state index is -0.229. The lowest BCUT2D eigenvalue weighted by Gasteiger charge is -1.96. The molecular weight excluding hydrogens is 268 g/mol. The predicted octanol–water partition coefficient (Wildman–Crippen LogP) is 4.02. The molecule has 1 aromatic carbocycles. The van der Waals surface area contributed by atoms with E-state index in [1.807, 2.05) is 41.9 Å². The summed E-state index contributed by atoms with van der Waals surface area (Å²) in [6.07, 6.45) is 3.45. The number of rotatable bonds is 3. The summed E-state index contributed by atoms with van der Waals surface area (Å²) in [5.74, 6) is -0.229. The number of nitrogens with zero attached hydrogens (tertiary/aromatic N) is 1. The first kappa shape index (κ1) is 12.4. The molecule has 0 unspecified atom stereocenters. The number of allylic oxidation sites excluding steroid dienone is 1. The second-order valence-electron chi connectivity index (χ2n) is 4.27. The summed E-state index contributed by atoms with van der Waals surface area (Å²) < 4.78 is 0. The van der Waals surface area contributed by atoms with Gasteiger partial charge in [0.2, 0.25) is 5.78 Å². The van der Waals surface area contributed by atoms with Gasteiger partial charge in [-0.25, -0.2) is 0 Å². The standard InChI is InChI=1S/C16H10N2OS/c17-9-11(16(19)15-6-3-7-20-15)8-12-10-18-14-5-2-1-4-13(12)14/h1-8,10,18H/b11-8+. The number of H-pyrrole nitrogens is 1. The SMILES string of the molecule is N#C/C(=C\c1c[nH]c2ccccc12)C(=O)c1cccs1. The smallest absolute Gasteiger partial charge is 0.213 e. The van der Waals surface area contributed by atoms with Crippen molar-refractivity contribution in [3.05, 3.63) is 64.0 Å². The van der Waals surface area contributed by atoms with Gasteiger partial charge in [-0.15, -0.1) is 11.3 Å². The van der Waals surface area contributed by atoms with Crippen LogP contribution in [0.4, 0.5) is 0 Å². The van der Waals surface area contributed by atoms with Crippen LogP contribution in [-0.2, 0) is 0 Å². The Morgan fingerprint density at radius 3 is 2.85 bits per heavy atom. The lowest BCUT2D eigenvalue weighted by atomic mass is 10.1. The first-order valence-electron chi connectivity index (χ1n) is 6.05. The molecule has 0 aliphatic rings. The molecule has 0 fully saturated rings. The third kappa shape index (κ3) is 2.15. The summed E-state index contributed by atoms with van der Waals surface area (Å²) >= 11 is 1.34. The lowest BCUT2D eigenvalue weighted by molar-refractivity contribution is 0.104. The molecule has 0 spiro atoms. The molecule has 0 aliphatic carbocycles. The van der Waals surface area contributed by atoms with Crippen molar-refractivity contribution in [2.75, 3.05) is 0 Å². The highest BCUT2D eigenvalue weighted by molar-refractivity contribution is 7.12. The predicted molar refractivity (Wildman–Crippen MR) is 80.5 cm³/mol. The Morgan fingerprint density at radius 1 is 1.25 bits per heavy atom. The second kappa shape index (κ2) is 5.16. The van der Waals surface area contributed by atoms with E-state index < -0.39 is 0 Å². The quantitative estimate of drug-likeness (QED) is 0.447.